The SMILES string of the molecule is CC(C(=O)N1CCC2(CC1)C(=O)N(C1CC(N3CCCCC3)C1)c1cc(-c3cc4ncn(C(C)C)c4c(NC4CC4)n3)ccc12)C1CCN(C(=O)OC(C)(C)C)CC1. The second kappa shape index (κ2) is 15.1. The van der Waals surface area contributed by atoms with Crippen LogP contribution in [0.4, 0.5) is 16.3 Å². The summed E-state index contributed by atoms with van der Waals surface area (Å²) in [5.41, 5.74) is 4.80. The Bertz CT molecular complexity index is 2040. The molecule has 3 saturated heterocycles. The van der Waals surface area contributed by atoms with Crippen LogP contribution in [0.5, 0.6) is 0 Å². The summed E-state index contributed by atoms with van der Waals surface area (Å²) in [5, 5.41) is 3.70. The Morgan fingerprint density at radius 3 is 2.24 bits per heavy atom. The van der Waals surface area contributed by atoms with E-state index in [0.29, 0.717) is 51.1 Å². The minimum Gasteiger partial charge on any atom is -0.444 e. The van der Waals surface area contributed by atoms with Gasteiger partial charge in [-0.1, -0.05) is 25.5 Å². The first-order valence-electron chi connectivity index (χ1n) is 22.4. The van der Waals surface area contributed by atoms with Crippen molar-refractivity contribution in [3.8, 4) is 11.3 Å². The smallest absolute Gasteiger partial charge is 0.410 e. The van der Waals surface area contributed by atoms with Crippen molar-refractivity contribution in [3.05, 3.63) is 36.2 Å². The molecule has 1 aromatic carbocycles. The van der Waals surface area contributed by atoms with E-state index in [1.54, 1.807) is 4.90 Å². The first-order valence-corrected chi connectivity index (χ1v) is 22.4. The van der Waals surface area contributed by atoms with E-state index in [1.165, 1.54) is 32.4 Å². The van der Waals surface area contributed by atoms with Gasteiger partial charge in [-0.15, -0.1) is 0 Å². The van der Waals surface area contributed by atoms with Crippen LogP contribution in [0.1, 0.15) is 124 Å². The highest BCUT2D eigenvalue weighted by atomic mass is 16.6. The van der Waals surface area contributed by atoms with E-state index in [1.807, 2.05) is 32.0 Å². The first-order chi connectivity index (χ1) is 27.8. The fourth-order valence-electron chi connectivity index (χ4n) is 10.6. The molecule has 3 aromatic rings. The average molecular weight is 793 g/mol. The number of pyridine rings is 1. The molecule has 9 rings (SSSR count). The largest absolute Gasteiger partial charge is 0.444 e. The normalized spacial score (nSPS) is 24.7. The highest BCUT2D eigenvalue weighted by Gasteiger charge is 2.56. The van der Waals surface area contributed by atoms with Crippen LogP contribution in [0.2, 0.25) is 0 Å². The van der Waals surface area contributed by atoms with E-state index >= 15 is 4.79 Å². The molecule has 312 valence electrons. The monoisotopic (exact) mass is 793 g/mol. The number of imidazole rings is 1. The maximum atomic E-state index is 15.1. The summed E-state index contributed by atoms with van der Waals surface area (Å²) in [4.78, 5) is 60.6. The van der Waals surface area contributed by atoms with Gasteiger partial charge in [-0.2, -0.15) is 0 Å². The van der Waals surface area contributed by atoms with Gasteiger partial charge in [0.25, 0.3) is 0 Å². The Balaban J connectivity index is 0.957. The summed E-state index contributed by atoms with van der Waals surface area (Å²) in [5.74, 6) is 1.34. The van der Waals surface area contributed by atoms with Crippen molar-refractivity contribution in [1.29, 1.82) is 0 Å². The second-order valence-electron chi connectivity index (χ2n) is 19.7. The molecular formula is C46H64N8O4. The fraction of sp³-hybridized carbons (Fsp3) is 0.674. The van der Waals surface area contributed by atoms with Gasteiger partial charge in [0.2, 0.25) is 11.8 Å². The summed E-state index contributed by atoms with van der Waals surface area (Å²) in [6, 6.07) is 10.1. The van der Waals surface area contributed by atoms with E-state index in [2.05, 4.69) is 64.7 Å². The lowest BCUT2D eigenvalue weighted by molar-refractivity contribution is -0.141. The van der Waals surface area contributed by atoms with Crippen LogP contribution < -0.4 is 10.2 Å². The van der Waals surface area contributed by atoms with Crippen molar-refractivity contribution in [2.45, 2.75) is 147 Å². The molecule has 1 N–H and O–H groups in total. The summed E-state index contributed by atoms with van der Waals surface area (Å²) < 4.78 is 7.80. The number of anilines is 2. The predicted molar refractivity (Wildman–Crippen MR) is 227 cm³/mol. The Morgan fingerprint density at radius 2 is 1.59 bits per heavy atom. The number of benzene rings is 1. The number of carbonyl (C=O) groups excluding carboxylic acids is 3. The van der Waals surface area contributed by atoms with E-state index in [0.717, 1.165) is 77.9 Å². The summed E-state index contributed by atoms with van der Waals surface area (Å²) in [6.45, 7) is 16.7. The van der Waals surface area contributed by atoms with Crippen molar-refractivity contribution in [3.63, 3.8) is 0 Å². The van der Waals surface area contributed by atoms with E-state index in [-0.39, 0.29) is 41.8 Å². The number of hydrogen-bond donors (Lipinski definition) is 1. The number of nitrogens with one attached hydrogen (secondary N) is 1. The Hall–Kier alpha value is -4.19. The van der Waals surface area contributed by atoms with Crippen LogP contribution in [0.3, 0.4) is 0 Å². The number of aromatic nitrogens is 3. The van der Waals surface area contributed by atoms with Crippen LogP contribution >= 0.6 is 0 Å². The van der Waals surface area contributed by atoms with Gasteiger partial charge in [0.15, 0.2) is 5.82 Å². The molecule has 1 unspecified atom stereocenters. The summed E-state index contributed by atoms with van der Waals surface area (Å²) in [7, 11) is 0. The molecule has 6 aliphatic rings. The lowest BCUT2D eigenvalue weighted by Gasteiger charge is -2.48. The zero-order valence-corrected chi connectivity index (χ0v) is 35.6. The quantitative estimate of drug-likeness (QED) is 0.246. The number of amides is 3. The van der Waals surface area contributed by atoms with Gasteiger partial charge in [0.05, 0.1) is 23.0 Å². The predicted octanol–water partition coefficient (Wildman–Crippen LogP) is 7.76. The number of hydrogen-bond acceptors (Lipinski definition) is 8. The lowest BCUT2D eigenvalue weighted by Crippen LogP contribution is -2.58. The molecule has 2 aromatic heterocycles. The van der Waals surface area contributed by atoms with Crippen molar-refractivity contribution in [1.82, 2.24) is 29.2 Å². The zero-order chi connectivity index (χ0) is 40.5. The highest BCUT2D eigenvalue weighted by molar-refractivity contribution is 6.09. The molecular weight excluding hydrogens is 729 g/mol. The minimum atomic E-state index is -0.644. The minimum absolute atomic E-state index is 0.141. The molecule has 1 atom stereocenters. The van der Waals surface area contributed by atoms with E-state index in [9.17, 15) is 9.59 Å². The third-order valence-electron chi connectivity index (χ3n) is 14.3. The van der Waals surface area contributed by atoms with E-state index in [4.69, 9.17) is 14.7 Å². The third-order valence-corrected chi connectivity index (χ3v) is 14.3. The maximum Gasteiger partial charge on any atom is 0.410 e. The molecule has 58 heavy (non-hydrogen) atoms. The zero-order valence-electron chi connectivity index (χ0n) is 35.6. The van der Waals surface area contributed by atoms with Crippen LogP contribution in [0, 0.1) is 11.8 Å². The number of nitrogens with zero attached hydrogens (tertiary/aromatic N) is 7. The number of carbonyl (C=O) groups is 3. The van der Waals surface area contributed by atoms with Crippen molar-refractivity contribution in [2.24, 2.45) is 11.8 Å². The maximum absolute atomic E-state index is 15.1. The molecule has 4 aliphatic heterocycles. The number of piperidine rings is 3. The fourth-order valence-corrected chi connectivity index (χ4v) is 10.6. The second-order valence-corrected chi connectivity index (χ2v) is 19.7. The summed E-state index contributed by atoms with van der Waals surface area (Å²) >= 11 is 0. The molecule has 0 radical (unpaired) electrons. The average Bonchev–Trinajstić information content (AvgIpc) is 3.86. The van der Waals surface area contributed by atoms with E-state index < -0.39 is 11.0 Å². The molecule has 5 fully saturated rings. The van der Waals surface area contributed by atoms with Gasteiger partial charge >= 0.3 is 6.09 Å². The van der Waals surface area contributed by atoms with Crippen molar-refractivity contribution < 1.29 is 19.1 Å². The standard InChI is InChI=1S/C46H64N8O4/c1-29(2)53-28-47-38-27-37(49-41(40(38)53)48-33-11-12-33)32-10-13-36-39(24-32)54(35-25-34(26-35)50-18-8-7-9-19-50)43(56)46(36)16-22-51(23-17-46)42(55)30(3)31-14-20-52(21-15-31)44(57)58-45(4,5)6/h10,13,24,27-31,33-35H,7-9,11-12,14-23,25-26H2,1-6H3,(H,48,49). The Kier molecular flexibility index (Phi) is 10.2. The van der Waals surface area contributed by atoms with Crippen LogP contribution in [-0.2, 0) is 19.7 Å². The summed E-state index contributed by atoms with van der Waals surface area (Å²) in [6.07, 6.45) is 12.6. The molecule has 6 heterocycles. The van der Waals surface area contributed by atoms with Gasteiger partial charge in [-0.3, -0.25) is 9.59 Å². The van der Waals surface area contributed by atoms with Gasteiger partial charge in [-0.05, 0) is 136 Å². The van der Waals surface area contributed by atoms with Crippen LogP contribution in [0.15, 0.2) is 30.6 Å². The molecule has 1 spiro atoms. The topological polar surface area (TPSA) is 116 Å². The van der Waals surface area contributed by atoms with Crippen molar-refractivity contribution >= 4 is 40.4 Å². The number of ether oxygens (including phenoxy) is 1. The van der Waals surface area contributed by atoms with Gasteiger partial charge in [-0.25, -0.2) is 14.8 Å². The molecule has 12 heteroatoms. The van der Waals surface area contributed by atoms with Gasteiger partial charge in [0, 0.05) is 67.5 Å². The molecule has 3 amide bonds. The van der Waals surface area contributed by atoms with Gasteiger partial charge < -0.3 is 34.2 Å². The third kappa shape index (κ3) is 7.25. The first kappa shape index (κ1) is 39.3. The number of likely N-dealkylation sites (tertiary alicyclic amines) is 3. The van der Waals surface area contributed by atoms with Gasteiger partial charge in [0.1, 0.15) is 11.1 Å². The Labute approximate surface area is 344 Å². The molecule has 2 saturated carbocycles. The number of fused-ring (bicyclic) bond motifs is 3. The lowest BCUT2D eigenvalue weighted by atomic mass is 9.73. The van der Waals surface area contributed by atoms with Crippen LogP contribution in [-0.4, -0.2) is 110 Å². The van der Waals surface area contributed by atoms with Crippen molar-refractivity contribution in [2.75, 3.05) is 49.5 Å². The number of rotatable bonds is 8. The molecule has 12 nitrogen and oxygen atoms in total. The van der Waals surface area contributed by atoms with Crippen LogP contribution in [0.25, 0.3) is 22.3 Å². The highest BCUT2D eigenvalue weighted by Crippen LogP contribution is 2.52. The molecule has 0 bridgehead atoms. The Morgan fingerprint density at radius 1 is 0.879 bits per heavy atom. The molecule has 2 aliphatic carbocycles.